The van der Waals surface area contributed by atoms with E-state index < -0.39 is 0 Å². The third-order valence-electron chi connectivity index (χ3n) is 4.28. The van der Waals surface area contributed by atoms with E-state index in [-0.39, 0.29) is 0 Å². The average molecular weight is 180 g/mol. The fourth-order valence-corrected chi connectivity index (χ4v) is 3.53. The minimum Gasteiger partial charge on any atom is -0.303 e. The van der Waals surface area contributed by atoms with Crippen molar-refractivity contribution in [3.63, 3.8) is 0 Å². The Morgan fingerprint density at radius 2 is 1.92 bits per heavy atom. The summed E-state index contributed by atoms with van der Waals surface area (Å²) in [7, 11) is 0. The molecule has 0 bridgehead atoms. The van der Waals surface area contributed by atoms with E-state index in [9.17, 15) is 4.79 Å². The van der Waals surface area contributed by atoms with Crippen molar-refractivity contribution in [2.75, 3.05) is 0 Å². The fraction of sp³-hybridized carbons (Fsp3) is 0.917. The van der Waals surface area contributed by atoms with E-state index in [1.165, 1.54) is 44.8 Å². The molecule has 0 aromatic rings. The minimum absolute atomic E-state index is 0.313. The van der Waals surface area contributed by atoms with Gasteiger partial charge in [0, 0.05) is 5.92 Å². The van der Waals surface area contributed by atoms with Crippen molar-refractivity contribution in [3.8, 4) is 0 Å². The molecule has 2 aliphatic rings. The molecule has 1 heteroatoms. The van der Waals surface area contributed by atoms with Crippen LogP contribution in [0.15, 0.2) is 0 Å². The van der Waals surface area contributed by atoms with Gasteiger partial charge in [-0.25, -0.2) is 0 Å². The lowest BCUT2D eigenvalue weighted by molar-refractivity contribution is -0.112. The van der Waals surface area contributed by atoms with Crippen LogP contribution in [-0.2, 0) is 4.79 Å². The van der Waals surface area contributed by atoms with Gasteiger partial charge >= 0.3 is 0 Å². The van der Waals surface area contributed by atoms with Crippen molar-refractivity contribution < 1.29 is 4.79 Å². The molecule has 74 valence electrons. The number of fused-ring (bicyclic) bond motifs is 1. The molecule has 0 N–H and O–H groups in total. The highest BCUT2D eigenvalue weighted by molar-refractivity contribution is 5.53. The van der Waals surface area contributed by atoms with Crippen LogP contribution in [0.3, 0.4) is 0 Å². The summed E-state index contributed by atoms with van der Waals surface area (Å²) < 4.78 is 0. The largest absolute Gasteiger partial charge is 0.303 e. The van der Waals surface area contributed by atoms with E-state index in [0.29, 0.717) is 5.92 Å². The molecule has 0 amide bonds. The van der Waals surface area contributed by atoms with Crippen molar-refractivity contribution in [3.05, 3.63) is 0 Å². The second-order valence-corrected chi connectivity index (χ2v) is 4.94. The SMILES string of the molecule is CC(C=O)C1CCC2CCCCC21. The molecule has 0 aromatic heterocycles. The maximum absolute atomic E-state index is 10.8. The number of rotatable bonds is 2. The zero-order chi connectivity index (χ0) is 9.26. The van der Waals surface area contributed by atoms with Crippen LogP contribution in [0.25, 0.3) is 0 Å². The molecule has 2 aliphatic carbocycles. The first-order chi connectivity index (χ1) is 6.33. The first kappa shape index (κ1) is 9.23. The Kier molecular flexibility index (Phi) is 2.71. The molecule has 0 aromatic carbocycles. The van der Waals surface area contributed by atoms with E-state index in [2.05, 4.69) is 6.92 Å². The quantitative estimate of drug-likeness (QED) is 0.597. The van der Waals surface area contributed by atoms with Gasteiger partial charge in [-0.3, -0.25) is 0 Å². The van der Waals surface area contributed by atoms with Gasteiger partial charge in [-0.15, -0.1) is 0 Å². The Balaban J connectivity index is 2.02. The molecule has 2 fully saturated rings. The monoisotopic (exact) mass is 180 g/mol. The van der Waals surface area contributed by atoms with Crippen molar-refractivity contribution in [2.24, 2.45) is 23.7 Å². The molecule has 13 heavy (non-hydrogen) atoms. The number of hydrogen-bond donors (Lipinski definition) is 0. The van der Waals surface area contributed by atoms with Crippen LogP contribution >= 0.6 is 0 Å². The minimum atomic E-state index is 0.313. The van der Waals surface area contributed by atoms with Crippen molar-refractivity contribution in [1.29, 1.82) is 0 Å². The molecule has 0 radical (unpaired) electrons. The second-order valence-electron chi connectivity index (χ2n) is 4.94. The Morgan fingerprint density at radius 3 is 2.69 bits per heavy atom. The summed E-state index contributed by atoms with van der Waals surface area (Å²) in [6.07, 6.45) is 9.55. The van der Waals surface area contributed by atoms with Crippen molar-refractivity contribution >= 4 is 6.29 Å². The van der Waals surface area contributed by atoms with Crippen LogP contribution in [0.5, 0.6) is 0 Å². The van der Waals surface area contributed by atoms with Crippen LogP contribution in [0.1, 0.15) is 45.4 Å². The number of aldehydes is 1. The molecule has 0 spiro atoms. The summed E-state index contributed by atoms with van der Waals surface area (Å²) in [6.45, 7) is 2.11. The third kappa shape index (κ3) is 1.66. The van der Waals surface area contributed by atoms with Gasteiger partial charge in [0.25, 0.3) is 0 Å². The average Bonchev–Trinajstić information content (AvgIpc) is 2.60. The Hall–Kier alpha value is -0.330. The van der Waals surface area contributed by atoms with Gasteiger partial charge in [-0.2, -0.15) is 0 Å². The zero-order valence-electron chi connectivity index (χ0n) is 8.54. The molecule has 0 saturated heterocycles. The lowest BCUT2D eigenvalue weighted by atomic mass is 9.75. The zero-order valence-corrected chi connectivity index (χ0v) is 8.54. The third-order valence-corrected chi connectivity index (χ3v) is 4.28. The van der Waals surface area contributed by atoms with Crippen LogP contribution in [0, 0.1) is 23.7 Å². The summed E-state index contributed by atoms with van der Waals surface area (Å²) >= 11 is 0. The second kappa shape index (κ2) is 3.81. The first-order valence-corrected chi connectivity index (χ1v) is 5.78. The molecular weight excluding hydrogens is 160 g/mol. The maximum Gasteiger partial charge on any atom is 0.123 e. The predicted octanol–water partition coefficient (Wildman–Crippen LogP) is 3.04. The highest BCUT2D eigenvalue weighted by Crippen LogP contribution is 2.48. The van der Waals surface area contributed by atoms with E-state index in [1.54, 1.807) is 0 Å². The Labute approximate surface area is 80.9 Å². The van der Waals surface area contributed by atoms with Gasteiger partial charge in [0.15, 0.2) is 0 Å². The molecule has 2 saturated carbocycles. The van der Waals surface area contributed by atoms with E-state index in [0.717, 1.165) is 17.8 Å². The van der Waals surface area contributed by atoms with Crippen molar-refractivity contribution in [1.82, 2.24) is 0 Å². The van der Waals surface area contributed by atoms with E-state index in [4.69, 9.17) is 0 Å². The van der Waals surface area contributed by atoms with Crippen LogP contribution in [0.2, 0.25) is 0 Å². The fourth-order valence-electron chi connectivity index (χ4n) is 3.53. The first-order valence-electron chi connectivity index (χ1n) is 5.78. The Morgan fingerprint density at radius 1 is 1.15 bits per heavy atom. The van der Waals surface area contributed by atoms with Crippen molar-refractivity contribution in [2.45, 2.75) is 45.4 Å². The predicted molar refractivity (Wildman–Crippen MR) is 53.4 cm³/mol. The number of carbonyl (C=O) groups excluding carboxylic acids is 1. The van der Waals surface area contributed by atoms with Gasteiger partial charge in [0.05, 0.1) is 0 Å². The van der Waals surface area contributed by atoms with Crippen LogP contribution < -0.4 is 0 Å². The molecule has 1 nitrogen and oxygen atoms in total. The molecule has 0 aliphatic heterocycles. The van der Waals surface area contributed by atoms with Crippen LogP contribution in [0.4, 0.5) is 0 Å². The summed E-state index contributed by atoms with van der Waals surface area (Å²) in [5.74, 6) is 2.91. The smallest absolute Gasteiger partial charge is 0.123 e. The van der Waals surface area contributed by atoms with Gasteiger partial charge < -0.3 is 4.79 Å². The lowest BCUT2D eigenvalue weighted by Gasteiger charge is -2.30. The summed E-state index contributed by atoms with van der Waals surface area (Å²) in [6, 6.07) is 0. The van der Waals surface area contributed by atoms with Gasteiger partial charge in [0.2, 0.25) is 0 Å². The maximum atomic E-state index is 10.8. The van der Waals surface area contributed by atoms with E-state index in [1.807, 2.05) is 0 Å². The number of hydrogen-bond acceptors (Lipinski definition) is 1. The molecule has 2 rings (SSSR count). The standard InChI is InChI=1S/C12H20O/c1-9(8-13)11-7-6-10-4-2-3-5-12(10)11/h8-12H,2-7H2,1H3. The summed E-state index contributed by atoms with van der Waals surface area (Å²) in [5, 5.41) is 0. The van der Waals surface area contributed by atoms with Gasteiger partial charge in [-0.05, 0) is 37.0 Å². The van der Waals surface area contributed by atoms with Gasteiger partial charge in [-0.1, -0.05) is 26.2 Å². The molecule has 0 heterocycles. The summed E-state index contributed by atoms with van der Waals surface area (Å²) in [5.41, 5.74) is 0. The highest BCUT2D eigenvalue weighted by atomic mass is 16.1. The van der Waals surface area contributed by atoms with E-state index >= 15 is 0 Å². The lowest BCUT2D eigenvalue weighted by Crippen LogP contribution is -2.24. The summed E-state index contributed by atoms with van der Waals surface area (Å²) in [4.78, 5) is 10.8. The van der Waals surface area contributed by atoms with Gasteiger partial charge in [0.1, 0.15) is 6.29 Å². The molecular formula is C12H20O. The highest BCUT2D eigenvalue weighted by Gasteiger charge is 2.39. The van der Waals surface area contributed by atoms with Crippen LogP contribution in [-0.4, -0.2) is 6.29 Å². The normalized spacial score (nSPS) is 41.2. The topological polar surface area (TPSA) is 17.1 Å². The Bertz CT molecular complexity index is 188. The number of carbonyl (C=O) groups is 1. The molecule has 4 unspecified atom stereocenters. The molecule has 4 atom stereocenters.